The van der Waals surface area contributed by atoms with Crippen molar-refractivity contribution in [3.05, 3.63) is 180 Å². The van der Waals surface area contributed by atoms with Crippen molar-refractivity contribution in [3.8, 4) is 28.1 Å². The summed E-state index contributed by atoms with van der Waals surface area (Å²) in [7, 11) is 1.91. The zero-order valence-corrected chi connectivity index (χ0v) is 29.9. The molecule has 50 heavy (non-hydrogen) atoms. The molecular formula is C46H50N4. The maximum absolute atomic E-state index is 6.24. The van der Waals surface area contributed by atoms with Gasteiger partial charge in [0.15, 0.2) is 0 Å². The molecule has 1 aliphatic carbocycles. The molecular weight excluding hydrogens is 609 g/mol. The van der Waals surface area contributed by atoms with E-state index in [9.17, 15) is 0 Å². The summed E-state index contributed by atoms with van der Waals surface area (Å²) < 4.78 is 2.47. The molecule has 4 aromatic carbocycles. The van der Waals surface area contributed by atoms with Crippen LogP contribution in [0.15, 0.2) is 158 Å². The summed E-state index contributed by atoms with van der Waals surface area (Å²) >= 11 is 0. The molecule has 0 unspecified atom stereocenters. The fourth-order valence-corrected chi connectivity index (χ4v) is 6.52. The number of benzene rings is 4. The van der Waals surface area contributed by atoms with Crippen LogP contribution in [0, 0.1) is 0 Å². The third-order valence-electron chi connectivity index (χ3n) is 9.04. The molecule has 0 fully saturated rings. The van der Waals surface area contributed by atoms with Crippen LogP contribution < -0.4 is 16.8 Å². The highest BCUT2D eigenvalue weighted by molar-refractivity contribution is 5.96. The number of likely N-dealkylation sites (N-methyl/N-ethyl adjacent to an activating group) is 1. The molecule has 1 aromatic heterocycles. The fraction of sp³-hybridized carbons (Fsp3) is 0.174. The third kappa shape index (κ3) is 7.99. The number of hydrogen-bond acceptors (Lipinski definition) is 3. The first-order valence-electron chi connectivity index (χ1n) is 17.6. The highest BCUT2D eigenvalue weighted by Gasteiger charge is 2.25. The third-order valence-corrected chi connectivity index (χ3v) is 9.04. The minimum Gasteiger partial charge on any atom is -0.405 e. The number of nitrogens with two attached hydrogens (primary N) is 2. The summed E-state index contributed by atoms with van der Waals surface area (Å²) in [4.78, 5) is 0. The Bertz CT molecular complexity index is 2100. The largest absolute Gasteiger partial charge is 0.405 e. The number of para-hydroxylation sites is 1. The number of allylic oxidation sites excluding steroid dienone is 7. The number of fused-ring (bicyclic) bond motifs is 5. The lowest BCUT2D eigenvalue weighted by molar-refractivity contribution is 0.919. The van der Waals surface area contributed by atoms with Crippen molar-refractivity contribution >= 4 is 16.5 Å². The van der Waals surface area contributed by atoms with E-state index in [0.717, 1.165) is 31.4 Å². The van der Waals surface area contributed by atoms with E-state index in [1.165, 1.54) is 66.8 Å². The van der Waals surface area contributed by atoms with Crippen molar-refractivity contribution in [2.24, 2.45) is 11.5 Å². The fourth-order valence-electron chi connectivity index (χ4n) is 6.52. The second-order valence-electron chi connectivity index (χ2n) is 12.3. The molecule has 0 amide bonds. The Labute approximate surface area is 298 Å². The van der Waals surface area contributed by atoms with Crippen molar-refractivity contribution in [1.82, 2.24) is 9.88 Å². The molecule has 6 rings (SSSR count). The van der Waals surface area contributed by atoms with E-state index >= 15 is 0 Å². The van der Waals surface area contributed by atoms with Crippen molar-refractivity contribution in [3.63, 3.8) is 0 Å². The van der Waals surface area contributed by atoms with Crippen LogP contribution in [0.2, 0.25) is 0 Å². The van der Waals surface area contributed by atoms with Crippen molar-refractivity contribution in [1.29, 1.82) is 0 Å². The Morgan fingerprint density at radius 3 is 2.44 bits per heavy atom. The van der Waals surface area contributed by atoms with Gasteiger partial charge in [-0.3, -0.25) is 0 Å². The van der Waals surface area contributed by atoms with Gasteiger partial charge in [0, 0.05) is 28.9 Å². The van der Waals surface area contributed by atoms with Gasteiger partial charge in [-0.05, 0) is 120 Å². The molecule has 254 valence electrons. The zero-order chi connectivity index (χ0) is 35.5. The van der Waals surface area contributed by atoms with Gasteiger partial charge < -0.3 is 21.4 Å². The SMILES string of the molecule is C=C(/C=C\CNC)/C(N)=C/C=C\Cc1ccc2c3c(n(-c4ccccc4)c2c1)-c1ccc(-c2cccc(/C(C)=C/C=C\N)c2)cc1CC3.CC. The summed E-state index contributed by atoms with van der Waals surface area (Å²) in [5, 5.41) is 4.41. The van der Waals surface area contributed by atoms with E-state index in [1.54, 1.807) is 6.20 Å². The van der Waals surface area contributed by atoms with E-state index < -0.39 is 0 Å². The quantitative estimate of drug-likeness (QED) is 0.124. The van der Waals surface area contributed by atoms with E-state index in [4.69, 9.17) is 11.5 Å². The molecule has 0 radical (unpaired) electrons. The molecule has 4 heteroatoms. The smallest absolute Gasteiger partial charge is 0.0575 e. The molecule has 5 aromatic rings. The van der Waals surface area contributed by atoms with Gasteiger partial charge in [-0.15, -0.1) is 0 Å². The second kappa shape index (κ2) is 17.2. The highest BCUT2D eigenvalue weighted by atomic mass is 15.0. The summed E-state index contributed by atoms with van der Waals surface area (Å²) in [6.07, 6.45) is 18.4. The van der Waals surface area contributed by atoms with Gasteiger partial charge in [0.1, 0.15) is 0 Å². The second-order valence-corrected chi connectivity index (χ2v) is 12.3. The molecule has 1 heterocycles. The summed E-state index contributed by atoms with van der Waals surface area (Å²) in [6.45, 7) is 11.0. The molecule has 0 spiro atoms. The first-order valence-corrected chi connectivity index (χ1v) is 17.6. The number of rotatable bonds is 11. The topological polar surface area (TPSA) is 69.0 Å². The van der Waals surface area contributed by atoms with Gasteiger partial charge in [0.05, 0.1) is 11.2 Å². The predicted octanol–water partition coefficient (Wildman–Crippen LogP) is 10.2. The van der Waals surface area contributed by atoms with Crippen LogP contribution in [0.3, 0.4) is 0 Å². The van der Waals surface area contributed by atoms with E-state index in [1.807, 2.05) is 57.4 Å². The van der Waals surface area contributed by atoms with Crippen molar-refractivity contribution in [2.45, 2.75) is 40.0 Å². The Morgan fingerprint density at radius 1 is 0.860 bits per heavy atom. The zero-order valence-electron chi connectivity index (χ0n) is 29.9. The van der Waals surface area contributed by atoms with Gasteiger partial charge in [0.25, 0.3) is 0 Å². The van der Waals surface area contributed by atoms with Crippen LogP contribution in [-0.2, 0) is 19.3 Å². The number of nitrogens with one attached hydrogen (secondary N) is 1. The molecule has 0 aliphatic heterocycles. The van der Waals surface area contributed by atoms with Gasteiger partial charge in [-0.25, -0.2) is 0 Å². The number of nitrogens with zero attached hydrogens (tertiary/aromatic N) is 1. The van der Waals surface area contributed by atoms with Crippen molar-refractivity contribution < 1.29 is 0 Å². The molecule has 0 bridgehead atoms. The lowest BCUT2D eigenvalue weighted by atomic mass is 9.86. The average Bonchev–Trinajstić information content (AvgIpc) is 3.50. The summed E-state index contributed by atoms with van der Waals surface area (Å²) in [5.41, 5.74) is 27.2. The lowest BCUT2D eigenvalue weighted by Crippen LogP contribution is -2.07. The Kier molecular flexibility index (Phi) is 12.3. The van der Waals surface area contributed by atoms with E-state index in [2.05, 4.69) is 120 Å². The first kappa shape index (κ1) is 35.7. The molecule has 4 nitrogen and oxygen atoms in total. The molecule has 0 saturated carbocycles. The molecule has 1 aliphatic rings. The van der Waals surface area contributed by atoms with Crippen LogP contribution in [0.4, 0.5) is 0 Å². The van der Waals surface area contributed by atoms with Gasteiger partial charge in [-0.2, -0.15) is 0 Å². The Morgan fingerprint density at radius 2 is 1.66 bits per heavy atom. The number of aryl methyl sites for hydroxylation is 2. The van der Waals surface area contributed by atoms with Gasteiger partial charge in [0.2, 0.25) is 0 Å². The summed E-state index contributed by atoms with van der Waals surface area (Å²) in [5.74, 6) is 0. The maximum atomic E-state index is 6.24. The van der Waals surface area contributed by atoms with Crippen LogP contribution >= 0.6 is 0 Å². The number of hydrogen-bond donors (Lipinski definition) is 3. The maximum Gasteiger partial charge on any atom is 0.0575 e. The Balaban J connectivity index is 0.00000239. The standard InChI is InChI=1S/C44H44N4.C2H6/c1-31(12-10-26-45)34-15-9-16-35(29-34)36-21-24-39-37(30-36)22-25-41-40-23-20-33(14-7-8-19-42(46)32(2)13-11-27-47-3)28-43(40)48(44(39)41)38-17-5-4-6-18-38;1-2/h4-13,15-21,23-24,26,28-30,47H,2,14,22,25,27,45-46H2,1,3H3;1-2H3/b8-7-,13-11-,26-10-,31-12+,42-19-;. The Hall–Kier alpha value is -5.58. The van der Waals surface area contributed by atoms with Crippen LogP contribution in [0.5, 0.6) is 0 Å². The van der Waals surface area contributed by atoms with Gasteiger partial charge >= 0.3 is 0 Å². The van der Waals surface area contributed by atoms with Gasteiger partial charge in [-0.1, -0.05) is 118 Å². The lowest BCUT2D eigenvalue weighted by Gasteiger charge is -2.21. The van der Waals surface area contributed by atoms with Crippen molar-refractivity contribution in [2.75, 3.05) is 13.6 Å². The predicted molar refractivity (Wildman–Crippen MR) is 217 cm³/mol. The van der Waals surface area contributed by atoms with Crippen LogP contribution in [-0.4, -0.2) is 18.2 Å². The van der Waals surface area contributed by atoms with E-state index in [-0.39, 0.29) is 0 Å². The average molecular weight is 659 g/mol. The normalized spacial score (nSPS) is 13.1. The first-order chi connectivity index (χ1) is 24.5. The highest BCUT2D eigenvalue weighted by Crippen LogP contribution is 2.43. The molecule has 0 atom stereocenters. The van der Waals surface area contributed by atoms with Crippen LogP contribution in [0.25, 0.3) is 44.5 Å². The number of aromatic nitrogens is 1. The summed E-state index contributed by atoms with van der Waals surface area (Å²) in [6, 6.07) is 33.4. The van der Waals surface area contributed by atoms with E-state index in [0.29, 0.717) is 5.70 Å². The van der Waals surface area contributed by atoms with Crippen LogP contribution in [0.1, 0.15) is 43.0 Å². The minimum absolute atomic E-state index is 0.668. The molecule has 5 N–H and O–H groups in total. The monoisotopic (exact) mass is 658 g/mol. The molecule has 0 saturated heterocycles. The minimum atomic E-state index is 0.668.